The van der Waals surface area contributed by atoms with E-state index in [0.717, 1.165) is 28.0 Å². The van der Waals surface area contributed by atoms with Gasteiger partial charge in [-0.2, -0.15) is 0 Å². The Kier molecular flexibility index (Phi) is 8.57. The molecule has 33 heavy (non-hydrogen) atoms. The molecule has 1 saturated heterocycles. The summed E-state index contributed by atoms with van der Waals surface area (Å²) >= 11 is 3.86. The molecule has 1 aromatic carbocycles. The normalized spacial score (nSPS) is 16.5. The predicted molar refractivity (Wildman–Crippen MR) is 141 cm³/mol. The Bertz CT molecular complexity index is 1030. The lowest BCUT2D eigenvalue weighted by atomic mass is 9.85. The Morgan fingerprint density at radius 1 is 1.15 bits per heavy atom. The molecule has 0 aliphatic carbocycles. The van der Waals surface area contributed by atoms with Gasteiger partial charge in [-0.3, -0.25) is 14.7 Å². The van der Waals surface area contributed by atoms with Gasteiger partial charge in [0.05, 0.1) is 0 Å². The van der Waals surface area contributed by atoms with Gasteiger partial charge in [0.15, 0.2) is 4.80 Å². The lowest BCUT2D eigenvalue weighted by Crippen LogP contribution is -2.59. The summed E-state index contributed by atoms with van der Waals surface area (Å²) in [5.74, 6) is -0.0342. The van der Waals surface area contributed by atoms with Crippen LogP contribution in [0, 0.1) is 8.99 Å². The lowest BCUT2D eigenvalue weighted by molar-refractivity contribution is -0.137. The number of halogens is 1. The first-order chi connectivity index (χ1) is 15.6. The number of piperazine rings is 1. The van der Waals surface area contributed by atoms with Crippen molar-refractivity contribution in [3.05, 3.63) is 43.7 Å². The third kappa shape index (κ3) is 6.80. The Labute approximate surface area is 213 Å². The van der Waals surface area contributed by atoms with Crippen LogP contribution in [0.1, 0.15) is 26.5 Å². The zero-order valence-corrected chi connectivity index (χ0v) is 22.9. The van der Waals surface area contributed by atoms with E-state index in [1.807, 2.05) is 57.0 Å². The predicted octanol–water partition coefficient (Wildman–Crippen LogP) is 3.10. The van der Waals surface area contributed by atoms with E-state index in [4.69, 9.17) is 0 Å². The van der Waals surface area contributed by atoms with Gasteiger partial charge in [-0.1, -0.05) is 20.8 Å². The largest absolute Gasteiger partial charge is 0.338 e. The first-order valence-corrected chi connectivity index (χ1v) is 12.9. The Morgan fingerprint density at radius 3 is 2.33 bits per heavy atom. The van der Waals surface area contributed by atoms with Gasteiger partial charge >= 0.3 is 6.03 Å². The summed E-state index contributed by atoms with van der Waals surface area (Å²) < 4.78 is 3.21. The third-order valence-electron chi connectivity index (χ3n) is 5.77. The standard InChI is InChI=1S/C23H33IN6O2S/c1-23(2,3)19(27-21(32)26-17-8-6-16(24)7-9-17)20(31)30-12-10-29(11-13-30)14-18-15-33-22(25-4)28(18)5/h6-9,15,19H,10-14H2,1-5H3,(H2,26,27,32)/t19-/m0/s1. The molecule has 0 spiro atoms. The minimum absolute atomic E-state index is 0.0342. The molecule has 1 atom stereocenters. The average molecular weight is 585 g/mol. The van der Waals surface area contributed by atoms with E-state index in [2.05, 4.69) is 53.1 Å². The van der Waals surface area contributed by atoms with Gasteiger partial charge in [0.2, 0.25) is 5.91 Å². The molecule has 8 nitrogen and oxygen atoms in total. The van der Waals surface area contributed by atoms with Crippen LogP contribution in [0.15, 0.2) is 34.6 Å². The van der Waals surface area contributed by atoms with Crippen molar-refractivity contribution in [3.8, 4) is 0 Å². The summed E-state index contributed by atoms with van der Waals surface area (Å²) in [7, 11) is 3.84. The number of carbonyl (C=O) groups is 2. The zero-order chi connectivity index (χ0) is 24.2. The molecule has 0 radical (unpaired) electrons. The van der Waals surface area contributed by atoms with Crippen LogP contribution < -0.4 is 15.4 Å². The fourth-order valence-electron chi connectivity index (χ4n) is 3.77. The maximum absolute atomic E-state index is 13.4. The van der Waals surface area contributed by atoms with Crippen LogP contribution in [0.4, 0.5) is 10.5 Å². The van der Waals surface area contributed by atoms with Crippen molar-refractivity contribution in [2.75, 3.05) is 38.5 Å². The molecule has 1 aliphatic rings. The number of benzene rings is 1. The van der Waals surface area contributed by atoms with Gasteiger partial charge in [0, 0.05) is 67.2 Å². The van der Waals surface area contributed by atoms with Gasteiger partial charge in [0.25, 0.3) is 0 Å². The molecule has 0 saturated carbocycles. The number of nitrogens with one attached hydrogen (secondary N) is 2. The van der Waals surface area contributed by atoms with Crippen molar-refractivity contribution < 1.29 is 9.59 Å². The summed E-state index contributed by atoms with van der Waals surface area (Å²) in [5, 5.41) is 7.89. The van der Waals surface area contributed by atoms with Gasteiger partial charge in [-0.15, -0.1) is 11.3 Å². The van der Waals surface area contributed by atoms with Gasteiger partial charge in [-0.05, 0) is 52.3 Å². The van der Waals surface area contributed by atoms with Crippen LogP contribution in [-0.4, -0.2) is 65.6 Å². The molecule has 2 N–H and O–H groups in total. The summed E-state index contributed by atoms with van der Waals surface area (Å²) in [5.41, 5.74) is 1.51. The van der Waals surface area contributed by atoms with Crippen molar-refractivity contribution in [2.24, 2.45) is 17.5 Å². The quantitative estimate of drug-likeness (QED) is 0.531. The van der Waals surface area contributed by atoms with Crippen LogP contribution in [0.25, 0.3) is 0 Å². The number of amides is 3. The highest BCUT2D eigenvalue weighted by Crippen LogP contribution is 2.22. The highest BCUT2D eigenvalue weighted by atomic mass is 127. The van der Waals surface area contributed by atoms with Gasteiger partial charge in [-0.25, -0.2) is 4.79 Å². The summed E-state index contributed by atoms with van der Waals surface area (Å²) in [4.78, 5) is 35.5. The Morgan fingerprint density at radius 2 is 1.79 bits per heavy atom. The average Bonchev–Trinajstić information content (AvgIpc) is 3.12. The maximum Gasteiger partial charge on any atom is 0.319 e. The van der Waals surface area contributed by atoms with Crippen molar-refractivity contribution in [3.63, 3.8) is 0 Å². The molecule has 2 heterocycles. The SMILES string of the molecule is CN=c1scc(CN2CCN(C(=O)[C@H](NC(=O)Nc3ccc(I)cc3)C(C)(C)C)CC2)n1C. The van der Waals surface area contributed by atoms with Crippen LogP contribution >= 0.6 is 33.9 Å². The fourth-order valence-corrected chi connectivity index (χ4v) is 4.98. The third-order valence-corrected chi connectivity index (χ3v) is 7.55. The molecule has 3 rings (SSSR count). The van der Waals surface area contributed by atoms with E-state index in [0.29, 0.717) is 18.8 Å². The second kappa shape index (κ2) is 11.0. The summed E-state index contributed by atoms with van der Waals surface area (Å²) in [6.45, 7) is 9.65. The second-order valence-corrected chi connectivity index (χ2v) is 11.4. The zero-order valence-electron chi connectivity index (χ0n) is 19.9. The smallest absolute Gasteiger partial charge is 0.319 e. The number of urea groups is 1. The van der Waals surface area contributed by atoms with Crippen molar-refractivity contribution in [1.29, 1.82) is 0 Å². The molecule has 1 aromatic heterocycles. The Hall–Kier alpha value is -1.92. The molecule has 3 amide bonds. The van der Waals surface area contributed by atoms with Crippen molar-refractivity contribution in [1.82, 2.24) is 19.7 Å². The molecule has 2 aromatic rings. The Balaban J connectivity index is 1.59. The number of rotatable bonds is 5. The maximum atomic E-state index is 13.4. The first-order valence-electron chi connectivity index (χ1n) is 11.0. The first kappa shape index (κ1) is 25.7. The molecule has 1 fully saturated rings. The van der Waals surface area contributed by atoms with Crippen LogP contribution in [0.3, 0.4) is 0 Å². The molecule has 0 unspecified atom stereocenters. The molecule has 180 valence electrons. The fraction of sp³-hybridized carbons (Fsp3) is 0.522. The summed E-state index contributed by atoms with van der Waals surface area (Å²) in [6.07, 6.45) is 0. The number of carbonyl (C=O) groups excluding carboxylic acids is 2. The summed E-state index contributed by atoms with van der Waals surface area (Å²) in [6, 6.07) is 6.56. The highest BCUT2D eigenvalue weighted by Gasteiger charge is 2.36. The number of aromatic nitrogens is 1. The minimum Gasteiger partial charge on any atom is -0.338 e. The molecule has 10 heteroatoms. The van der Waals surface area contributed by atoms with Crippen LogP contribution in [0.5, 0.6) is 0 Å². The molecule has 1 aliphatic heterocycles. The van der Waals surface area contributed by atoms with E-state index in [1.165, 1.54) is 5.69 Å². The molecular formula is C23H33IN6O2S. The minimum atomic E-state index is -0.615. The van der Waals surface area contributed by atoms with E-state index < -0.39 is 11.5 Å². The number of anilines is 1. The van der Waals surface area contributed by atoms with E-state index in [9.17, 15) is 9.59 Å². The van der Waals surface area contributed by atoms with Crippen LogP contribution in [0.2, 0.25) is 0 Å². The van der Waals surface area contributed by atoms with Crippen LogP contribution in [-0.2, 0) is 18.4 Å². The van der Waals surface area contributed by atoms with E-state index in [1.54, 1.807) is 18.4 Å². The number of nitrogens with zero attached hydrogens (tertiary/aromatic N) is 4. The molecule has 0 bridgehead atoms. The lowest BCUT2D eigenvalue weighted by Gasteiger charge is -2.39. The molecular weight excluding hydrogens is 551 g/mol. The van der Waals surface area contributed by atoms with E-state index in [-0.39, 0.29) is 11.9 Å². The van der Waals surface area contributed by atoms with Gasteiger partial charge < -0.3 is 20.1 Å². The van der Waals surface area contributed by atoms with Crippen molar-refractivity contribution in [2.45, 2.75) is 33.4 Å². The van der Waals surface area contributed by atoms with Crippen molar-refractivity contribution >= 4 is 51.6 Å². The number of hydrogen-bond donors (Lipinski definition) is 2. The highest BCUT2D eigenvalue weighted by molar-refractivity contribution is 14.1. The monoisotopic (exact) mass is 584 g/mol. The second-order valence-electron chi connectivity index (χ2n) is 9.30. The van der Waals surface area contributed by atoms with Gasteiger partial charge in [0.1, 0.15) is 6.04 Å². The number of thiazole rings is 1. The number of hydrogen-bond acceptors (Lipinski definition) is 5. The van der Waals surface area contributed by atoms with E-state index >= 15 is 0 Å². The topological polar surface area (TPSA) is 82.0 Å².